The lowest BCUT2D eigenvalue weighted by Gasteiger charge is -2.40. The van der Waals surface area contributed by atoms with Crippen molar-refractivity contribution in [3.63, 3.8) is 0 Å². The first-order valence-corrected chi connectivity index (χ1v) is 9.02. The number of aliphatic hydroxyl groups is 1. The van der Waals surface area contributed by atoms with Crippen molar-refractivity contribution in [1.82, 2.24) is 19.6 Å². The molecule has 3 atom stereocenters. The first-order valence-electron chi connectivity index (χ1n) is 9.02. The van der Waals surface area contributed by atoms with E-state index in [-0.39, 0.29) is 30.4 Å². The topological polar surface area (TPSA) is 78.7 Å². The van der Waals surface area contributed by atoms with Crippen LogP contribution in [0, 0.1) is 12.8 Å². The molecule has 3 heterocycles. The Balaban J connectivity index is 1.62. The molecule has 7 nitrogen and oxygen atoms in total. The zero-order valence-corrected chi connectivity index (χ0v) is 15.3. The van der Waals surface area contributed by atoms with E-state index < -0.39 is 5.54 Å². The average molecular weight is 348 g/mol. The summed E-state index contributed by atoms with van der Waals surface area (Å²) in [5, 5.41) is 14.0. The minimum Gasteiger partial charge on any atom is -0.394 e. The lowest BCUT2D eigenvalue weighted by molar-refractivity contribution is -0.138. The van der Waals surface area contributed by atoms with Gasteiger partial charge in [0.1, 0.15) is 0 Å². The van der Waals surface area contributed by atoms with Crippen LogP contribution in [0.5, 0.6) is 0 Å². The molecule has 0 spiro atoms. The summed E-state index contributed by atoms with van der Waals surface area (Å²) in [7, 11) is 0. The largest absolute Gasteiger partial charge is 0.394 e. The van der Waals surface area contributed by atoms with Crippen LogP contribution < -0.4 is 0 Å². The van der Waals surface area contributed by atoms with Crippen LogP contribution in [0.15, 0.2) is 12.3 Å². The fourth-order valence-corrected chi connectivity index (χ4v) is 4.60. The van der Waals surface area contributed by atoms with Crippen molar-refractivity contribution in [1.29, 1.82) is 0 Å². The molecule has 1 aromatic heterocycles. The predicted octanol–water partition coefficient (Wildman–Crippen LogP) is 0.802. The third kappa shape index (κ3) is 3.29. The van der Waals surface area contributed by atoms with E-state index in [1.54, 1.807) is 13.1 Å². The number of hydrogen-bond donors (Lipinski definition) is 1. The third-order valence-electron chi connectivity index (χ3n) is 5.81. The number of aliphatic hydroxyl groups excluding tert-OH is 1. The Bertz CT molecular complexity index is 659. The van der Waals surface area contributed by atoms with Crippen molar-refractivity contribution in [2.24, 2.45) is 5.92 Å². The molecule has 2 aliphatic rings. The van der Waals surface area contributed by atoms with Gasteiger partial charge in [-0.3, -0.25) is 14.3 Å². The third-order valence-corrected chi connectivity index (χ3v) is 5.81. The Morgan fingerprint density at radius 2 is 2.20 bits per heavy atom. The number of aryl methyl sites for hydroxylation is 2. The quantitative estimate of drug-likeness (QED) is 0.873. The van der Waals surface area contributed by atoms with Crippen LogP contribution in [0.2, 0.25) is 0 Å². The van der Waals surface area contributed by atoms with Gasteiger partial charge < -0.3 is 14.9 Å². The molecule has 0 bridgehead atoms. The average Bonchev–Trinajstić information content (AvgIpc) is 3.12. The van der Waals surface area contributed by atoms with Gasteiger partial charge >= 0.3 is 0 Å². The maximum Gasteiger partial charge on any atom is 0.224 e. The molecule has 25 heavy (non-hydrogen) atoms. The summed E-state index contributed by atoms with van der Waals surface area (Å²) in [6.45, 7) is 7.39. The lowest BCUT2D eigenvalue weighted by atomic mass is 9.89. The van der Waals surface area contributed by atoms with Crippen LogP contribution in [0.25, 0.3) is 0 Å². The van der Waals surface area contributed by atoms with Crippen molar-refractivity contribution in [2.45, 2.75) is 58.2 Å². The molecule has 2 aliphatic heterocycles. The van der Waals surface area contributed by atoms with E-state index in [1.165, 1.54) is 0 Å². The smallest absolute Gasteiger partial charge is 0.224 e. The number of nitrogens with zero attached hydrogens (tertiary/aromatic N) is 4. The van der Waals surface area contributed by atoms with Gasteiger partial charge in [-0.05, 0) is 38.7 Å². The molecule has 2 fully saturated rings. The van der Waals surface area contributed by atoms with Crippen molar-refractivity contribution in [2.75, 3.05) is 19.7 Å². The highest BCUT2D eigenvalue weighted by Crippen LogP contribution is 2.42. The maximum absolute atomic E-state index is 12.6. The number of carbonyl (C=O) groups excluding carboxylic acids is 2. The highest BCUT2D eigenvalue weighted by atomic mass is 16.3. The monoisotopic (exact) mass is 348 g/mol. The van der Waals surface area contributed by atoms with E-state index in [0.29, 0.717) is 26.1 Å². The number of rotatable bonds is 4. The first-order chi connectivity index (χ1) is 11.9. The van der Waals surface area contributed by atoms with Crippen LogP contribution in [0.1, 0.15) is 38.8 Å². The van der Waals surface area contributed by atoms with E-state index in [1.807, 2.05) is 34.4 Å². The number of fused-ring (bicyclic) bond motifs is 1. The number of piperidine rings is 1. The van der Waals surface area contributed by atoms with Crippen LogP contribution in [0.4, 0.5) is 0 Å². The molecule has 0 radical (unpaired) electrons. The van der Waals surface area contributed by atoms with Gasteiger partial charge in [0.05, 0.1) is 12.1 Å². The van der Waals surface area contributed by atoms with Gasteiger partial charge in [-0.1, -0.05) is 0 Å². The van der Waals surface area contributed by atoms with Crippen LogP contribution in [-0.4, -0.2) is 67.8 Å². The van der Waals surface area contributed by atoms with Crippen LogP contribution in [-0.2, 0) is 16.1 Å². The van der Waals surface area contributed by atoms with E-state index in [0.717, 1.165) is 18.5 Å². The van der Waals surface area contributed by atoms with E-state index in [2.05, 4.69) is 5.10 Å². The number of hydrogen-bond acceptors (Lipinski definition) is 4. The van der Waals surface area contributed by atoms with E-state index in [4.69, 9.17) is 0 Å². The second-order valence-corrected chi connectivity index (χ2v) is 7.65. The van der Waals surface area contributed by atoms with Crippen molar-refractivity contribution in [3.05, 3.63) is 18.0 Å². The Kier molecular flexibility index (Phi) is 4.86. The second kappa shape index (κ2) is 6.78. The summed E-state index contributed by atoms with van der Waals surface area (Å²) >= 11 is 0. The molecule has 2 saturated heterocycles. The Morgan fingerprint density at radius 1 is 1.44 bits per heavy atom. The fourth-order valence-electron chi connectivity index (χ4n) is 4.60. The van der Waals surface area contributed by atoms with E-state index >= 15 is 0 Å². The van der Waals surface area contributed by atoms with Crippen LogP contribution in [0.3, 0.4) is 0 Å². The Morgan fingerprint density at radius 3 is 2.80 bits per heavy atom. The molecular weight excluding hydrogens is 320 g/mol. The molecule has 0 aliphatic carbocycles. The van der Waals surface area contributed by atoms with Gasteiger partial charge in [0.15, 0.2) is 0 Å². The molecule has 1 aromatic rings. The number of likely N-dealkylation sites (tertiary alicyclic amines) is 2. The maximum atomic E-state index is 12.6. The zero-order valence-electron chi connectivity index (χ0n) is 15.3. The van der Waals surface area contributed by atoms with Gasteiger partial charge in [0, 0.05) is 50.9 Å². The molecule has 138 valence electrons. The number of aromatic nitrogens is 2. The summed E-state index contributed by atoms with van der Waals surface area (Å²) < 4.78 is 1.85. The minimum absolute atomic E-state index is 0.0120. The van der Waals surface area contributed by atoms with Crippen molar-refractivity contribution < 1.29 is 14.7 Å². The van der Waals surface area contributed by atoms with E-state index in [9.17, 15) is 14.7 Å². The Labute approximate surface area is 148 Å². The Hall–Kier alpha value is -1.89. The summed E-state index contributed by atoms with van der Waals surface area (Å²) in [6.07, 6.45) is 3.71. The molecular formula is C18H28N4O3. The van der Waals surface area contributed by atoms with Crippen LogP contribution >= 0.6 is 0 Å². The molecule has 3 rings (SSSR count). The summed E-state index contributed by atoms with van der Waals surface area (Å²) in [5.41, 5.74) is 0.546. The fraction of sp³-hybridized carbons (Fsp3) is 0.722. The number of amides is 2. The zero-order chi connectivity index (χ0) is 18.2. The summed E-state index contributed by atoms with van der Waals surface area (Å²) in [5.74, 6) is 0.392. The minimum atomic E-state index is -0.508. The first kappa shape index (κ1) is 17.9. The molecule has 1 N–H and O–H groups in total. The summed E-state index contributed by atoms with van der Waals surface area (Å²) in [4.78, 5) is 28.4. The lowest BCUT2D eigenvalue weighted by Crippen LogP contribution is -2.53. The number of carbonyl (C=O) groups is 2. The van der Waals surface area contributed by atoms with Gasteiger partial charge in [-0.2, -0.15) is 5.10 Å². The highest BCUT2D eigenvalue weighted by molar-refractivity contribution is 5.77. The normalized spacial score (nSPS) is 29.0. The molecule has 0 saturated carbocycles. The second-order valence-electron chi connectivity index (χ2n) is 7.65. The van der Waals surface area contributed by atoms with Gasteiger partial charge in [0.2, 0.25) is 11.8 Å². The molecule has 0 unspecified atom stereocenters. The summed E-state index contributed by atoms with van der Waals surface area (Å²) in [6, 6.07) is 2.06. The van der Waals surface area contributed by atoms with Gasteiger partial charge in [-0.25, -0.2) is 0 Å². The molecule has 2 amide bonds. The highest BCUT2D eigenvalue weighted by Gasteiger charge is 2.51. The molecule has 7 heteroatoms. The van der Waals surface area contributed by atoms with Crippen molar-refractivity contribution in [3.8, 4) is 0 Å². The van der Waals surface area contributed by atoms with Crippen molar-refractivity contribution >= 4 is 11.8 Å². The molecule has 0 aromatic carbocycles. The van der Waals surface area contributed by atoms with Gasteiger partial charge in [-0.15, -0.1) is 0 Å². The standard InChI is InChI=1S/C18H28N4O3/c1-13-4-7-19-21(13)9-6-17(25)20-8-5-16-15(11-20)10-18(3,12-23)22(16)14(2)24/h4,7,15-16,23H,5-6,8-12H2,1-3H3/t15-,16-,18+/m0/s1. The SMILES string of the molecule is CC(=O)N1[C@H]2CCN(C(=O)CCn3nccc3C)C[C@@H]2C[C@]1(C)CO. The predicted molar refractivity (Wildman–Crippen MR) is 92.7 cm³/mol. The van der Waals surface area contributed by atoms with Gasteiger partial charge in [0.25, 0.3) is 0 Å².